The average Bonchev–Trinajstić information content (AvgIpc) is 2.58. The maximum atomic E-state index is 10.0. The van der Waals surface area contributed by atoms with Gasteiger partial charge in [0.25, 0.3) is 0 Å². The highest BCUT2D eigenvalue weighted by Crippen LogP contribution is 2.31. The van der Waals surface area contributed by atoms with Crippen molar-refractivity contribution in [1.82, 2.24) is 0 Å². The fourth-order valence-corrected chi connectivity index (χ4v) is 2.70. The first kappa shape index (κ1) is 19.4. The predicted molar refractivity (Wildman–Crippen MR) is 109 cm³/mol. The minimum absolute atomic E-state index is 0.169. The number of benzene rings is 2. The molecule has 138 valence electrons. The normalized spacial score (nSPS) is 10.8. The van der Waals surface area contributed by atoms with E-state index >= 15 is 0 Å². The molecule has 0 saturated carbocycles. The smallest absolute Gasteiger partial charge is 0.138 e. The zero-order chi connectivity index (χ0) is 19.3. The SMILES string of the molecule is COc1cc(O)cc(C=Cc2ccc(O)c(N(C)C)c2)c1CC=C(C)C. The third kappa shape index (κ3) is 4.82. The lowest BCUT2D eigenvalue weighted by Crippen LogP contribution is -2.08. The summed E-state index contributed by atoms with van der Waals surface area (Å²) in [6.07, 6.45) is 6.79. The molecule has 4 nitrogen and oxygen atoms in total. The molecule has 2 aromatic rings. The van der Waals surface area contributed by atoms with E-state index in [4.69, 9.17) is 4.74 Å². The van der Waals surface area contributed by atoms with E-state index in [1.807, 2.05) is 43.3 Å². The first-order chi connectivity index (χ1) is 12.3. The molecule has 0 aliphatic heterocycles. The van der Waals surface area contributed by atoms with Gasteiger partial charge in [-0.1, -0.05) is 29.9 Å². The molecule has 0 amide bonds. The van der Waals surface area contributed by atoms with Crippen LogP contribution in [0, 0.1) is 0 Å². The summed E-state index contributed by atoms with van der Waals surface area (Å²) in [5.74, 6) is 1.08. The van der Waals surface area contributed by atoms with Crippen molar-refractivity contribution in [2.75, 3.05) is 26.1 Å². The highest BCUT2D eigenvalue weighted by atomic mass is 16.5. The Kier molecular flexibility index (Phi) is 6.34. The van der Waals surface area contributed by atoms with Gasteiger partial charge >= 0.3 is 0 Å². The van der Waals surface area contributed by atoms with Crippen LogP contribution in [0.3, 0.4) is 0 Å². The largest absolute Gasteiger partial charge is 0.508 e. The standard InChI is InChI=1S/C22H27NO3/c1-15(2)6-10-19-17(13-18(24)14-22(19)26-5)9-7-16-8-11-21(25)20(12-16)23(3)4/h6-9,11-14,24-25H,10H2,1-5H3. The molecule has 0 unspecified atom stereocenters. The Morgan fingerprint density at radius 3 is 2.42 bits per heavy atom. The second-order valence-electron chi connectivity index (χ2n) is 6.68. The van der Waals surface area contributed by atoms with Crippen molar-refractivity contribution < 1.29 is 14.9 Å². The lowest BCUT2D eigenvalue weighted by molar-refractivity contribution is 0.403. The van der Waals surface area contributed by atoms with Gasteiger partial charge in [0.15, 0.2) is 0 Å². The molecule has 4 heteroatoms. The summed E-state index contributed by atoms with van der Waals surface area (Å²) in [5, 5.41) is 19.9. The van der Waals surface area contributed by atoms with Crippen LogP contribution in [0.1, 0.15) is 30.5 Å². The number of methoxy groups -OCH3 is 1. The lowest BCUT2D eigenvalue weighted by atomic mass is 10.00. The topological polar surface area (TPSA) is 52.9 Å². The quantitative estimate of drug-likeness (QED) is 0.576. The summed E-state index contributed by atoms with van der Waals surface area (Å²) >= 11 is 0. The van der Waals surface area contributed by atoms with Crippen LogP contribution in [0.2, 0.25) is 0 Å². The summed E-state index contributed by atoms with van der Waals surface area (Å²) in [7, 11) is 5.39. The van der Waals surface area contributed by atoms with Crippen LogP contribution in [-0.2, 0) is 6.42 Å². The van der Waals surface area contributed by atoms with Crippen LogP contribution in [0.15, 0.2) is 42.0 Å². The number of phenols is 2. The minimum atomic E-state index is 0.169. The molecule has 0 aliphatic rings. The molecule has 2 rings (SSSR count). The monoisotopic (exact) mass is 353 g/mol. The molecule has 0 radical (unpaired) electrons. The minimum Gasteiger partial charge on any atom is -0.508 e. The van der Waals surface area contributed by atoms with Crippen LogP contribution in [0.25, 0.3) is 12.2 Å². The molecule has 2 N–H and O–H groups in total. The molecule has 0 heterocycles. The number of anilines is 1. The van der Waals surface area contributed by atoms with Gasteiger partial charge in [-0.25, -0.2) is 0 Å². The molecule has 0 aliphatic carbocycles. The Bertz CT molecular complexity index is 832. The Balaban J connectivity index is 2.45. The van der Waals surface area contributed by atoms with E-state index < -0.39 is 0 Å². The number of aromatic hydroxyl groups is 2. The van der Waals surface area contributed by atoms with Gasteiger partial charge in [-0.15, -0.1) is 0 Å². The van der Waals surface area contributed by atoms with E-state index in [1.54, 1.807) is 25.3 Å². The second-order valence-corrected chi connectivity index (χ2v) is 6.68. The molecule has 0 spiro atoms. The van der Waals surface area contributed by atoms with Crippen molar-refractivity contribution in [1.29, 1.82) is 0 Å². The molecular formula is C22H27NO3. The van der Waals surface area contributed by atoms with Crippen molar-refractivity contribution in [3.8, 4) is 17.2 Å². The molecular weight excluding hydrogens is 326 g/mol. The Labute approximate surface area is 155 Å². The lowest BCUT2D eigenvalue weighted by Gasteiger charge is -2.15. The summed E-state index contributed by atoms with van der Waals surface area (Å²) < 4.78 is 5.45. The van der Waals surface area contributed by atoms with Gasteiger partial charge in [-0.2, -0.15) is 0 Å². The van der Waals surface area contributed by atoms with Gasteiger partial charge in [-0.05, 0) is 49.6 Å². The number of nitrogens with zero attached hydrogens (tertiary/aromatic N) is 1. The molecule has 2 aromatic carbocycles. The summed E-state index contributed by atoms with van der Waals surface area (Å²) in [4.78, 5) is 1.87. The highest BCUT2D eigenvalue weighted by molar-refractivity contribution is 5.76. The molecule has 0 bridgehead atoms. The van der Waals surface area contributed by atoms with E-state index in [9.17, 15) is 10.2 Å². The third-order valence-corrected chi connectivity index (χ3v) is 4.10. The zero-order valence-electron chi connectivity index (χ0n) is 16.1. The molecule has 0 fully saturated rings. The Hall–Kier alpha value is -2.88. The van der Waals surface area contributed by atoms with Crippen molar-refractivity contribution in [2.24, 2.45) is 0 Å². The maximum Gasteiger partial charge on any atom is 0.138 e. The number of ether oxygens (including phenoxy) is 1. The van der Waals surface area contributed by atoms with Gasteiger partial charge in [0.1, 0.15) is 17.2 Å². The first-order valence-electron chi connectivity index (χ1n) is 8.53. The van der Waals surface area contributed by atoms with Crippen LogP contribution >= 0.6 is 0 Å². The Morgan fingerprint density at radius 2 is 1.81 bits per heavy atom. The van der Waals surface area contributed by atoms with Crippen molar-refractivity contribution >= 4 is 17.8 Å². The highest BCUT2D eigenvalue weighted by Gasteiger charge is 2.09. The van der Waals surface area contributed by atoms with Gasteiger partial charge in [0.05, 0.1) is 12.8 Å². The fraction of sp³-hybridized carbons (Fsp3) is 0.273. The maximum absolute atomic E-state index is 10.0. The first-order valence-corrected chi connectivity index (χ1v) is 8.53. The number of phenolic OH excluding ortho intramolecular Hbond substituents is 2. The van der Waals surface area contributed by atoms with Gasteiger partial charge < -0.3 is 19.8 Å². The molecule has 0 saturated heterocycles. The van der Waals surface area contributed by atoms with Crippen molar-refractivity contribution in [3.63, 3.8) is 0 Å². The van der Waals surface area contributed by atoms with Gasteiger partial charge in [0, 0.05) is 25.7 Å². The van der Waals surface area contributed by atoms with Crippen LogP contribution in [-0.4, -0.2) is 31.4 Å². The summed E-state index contributed by atoms with van der Waals surface area (Å²) in [5.41, 5.74) is 4.87. The van der Waals surface area contributed by atoms with Crippen molar-refractivity contribution in [2.45, 2.75) is 20.3 Å². The van der Waals surface area contributed by atoms with E-state index in [0.29, 0.717) is 5.75 Å². The summed E-state index contributed by atoms with van der Waals surface area (Å²) in [6, 6.07) is 8.83. The fourth-order valence-electron chi connectivity index (χ4n) is 2.70. The third-order valence-electron chi connectivity index (χ3n) is 4.10. The zero-order valence-corrected chi connectivity index (χ0v) is 16.1. The number of hydrogen-bond donors (Lipinski definition) is 2. The van der Waals surface area contributed by atoms with E-state index in [1.165, 1.54) is 5.57 Å². The second kappa shape index (κ2) is 8.48. The van der Waals surface area contributed by atoms with E-state index in [2.05, 4.69) is 19.9 Å². The van der Waals surface area contributed by atoms with Crippen LogP contribution < -0.4 is 9.64 Å². The molecule has 0 aromatic heterocycles. The summed E-state index contributed by atoms with van der Waals surface area (Å²) in [6.45, 7) is 4.11. The number of hydrogen-bond acceptors (Lipinski definition) is 4. The van der Waals surface area contributed by atoms with Crippen LogP contribution in [0.5, 0.6) is 17.2 Å². The van der Waals surface area contributed by atoms with Crippen molar-refractivity contribution in [3.05, 3.63) is 58.7 Å². The van der Waals surface area contributed by atoms with Gasteiger partial charge in [-0.3, -0.25) is 0 Å². The average molecular weight is 353 g/mol. The number of allylic oxidation sites excluding steroid dienone is 2. The Morgan fingerprint density at radius 1 is 1.08 bits per heavy atom. The van der Waals surface area contributed by atoms with Crippen LogP contribution in [0.4, 0.5) is 5.69 Å². The molecule has 26 heavy (non-hydrogen) atoms. The molecule has 0 atom stereocenters. The predicted octanol–water partition coefficient (Wildman–Crippen LogP) is 4.85. The van der Waals surface area contributed by atoms with Gasteiger partial charge in [0.2, 0.25) is 0 Å². The van der Waals surface area contributed by atoms with E-state index in [-0.39, 0.29) is 11.5 Å². The van der Waals surface area contributed by atoms with E-state index in [0.717, 1.165) is 28.8 Å². The number of rotatable bonds is 6.